The average Bonchev–Trinajstić information content (AvgIpc) is 2.92. The van der Waals surface area contributed by atoms with E-state index in [1.807, 2.05) is 10.6 Å². The normalized spacial score (nSPS) is 11.6. The molecule has 0 fully saturated rings. The van der Waals surface area contributed by atoms with Gasteiger partial charge >= 0.3 is 0 Å². The highest BCUT2D eigenvalue weighted by molar-refractivity contribution is 7.16. The maximum Gasteiger partial charge on any atom is 0.279 e. The number of fused-ring (bicyclic) bond motifs is 1. The summed E-state index contributed by atoms with van der Waals surface area (Å²) in [6.07, 6.45) is 6.44. The molecule has 0 saturated carbocycles. The van der Waals surface area contributed by atoms with E-state index in [1.165, 1.54) is 16.9 Å². The zero-order valence-corrected chi connectivity index (χ0v) is 14.7. The zero-order chi connectivity index (χ0) is 17.1. The van der Waals surface area contributed by atoms with Crippen molar-refractivity contribution in [1.82, 2.24) is 4.57 Å². The lowest BCUT2D eigenvalue weighted by Gasteiger charge is -2.01. The summed E-state index contributed by atoms with van der Waals surface area (Å²) in [5.41, 5.74) is 2.74. The quantitative estimate of drug-likeness (QED) is 0.646. The van der Waals surface area contributed by atoms with Crippen LogP contribution in [0.15, 0.2) is 47.5 Å². The van der Waals surface area contributed by atoms with E-state index in [0.717, 1.165) is 16.6 Å². The van der Waals surface area contributed by atoms with Crippen LogP contribution < -0.4 is 4.80 Å². The standard InChI is InChI=1S/C19H15ClN2OS/c1-3-11-22-16-10-5-13(4-2)12-17(16)24-19(22)21-18(23)14-6-8-15(20)9-7-14/h1,5-10,12H,4,11H2,2H3. The van der Waals surface area contributed by atoms with Crippen LogP contribution in [0.4, 0.5) is 0 Å². The highest BCUT2D eigenvalue weighted by Crippen LogP contribution is 2.20. The molecule has 0 saturated heterocycles. The van der Waals surface area contributed by atoms with Crippen molar-refractivity contribution in [3.63, 3.8) is 0 Å². The predicted molar refractivity (Wildman–Crippen MR) is 99.4 cm³/mol. The maximum absolute atomic E-state index is 12.4. The first-order valence-corrected chi connectivity index (χ1v) is 8.72. The lowest BCUT2D eigenvalue weighted by atomic mass is 10.2. The Hall–Kier alpha value is -2.35. The van der Waals surface area contributed by atoms with Gasteiger partial charge in [-0.25, -0.2) is 0 Å². The smallest absolute Gasteiger partial charge is 0.279 e. The van der Waals surface area contributed by atoms with E-state index in [2.05, 4.69) is 30.0 Å². The van der Waals surface area contributed by atoms with E-state index in [9.17, 15) is 4.79 Å². The summed E-state index contributed by atoms with van der Waals surface area (Å²) in [5, 5.41) is 0.586. The molecule has 1 aromatic heterocycles. The fraction of sp³-hybridized carbons (Fsp3) is 0.158. The minimum absolute atomic E-state index is 0.306. The van der Waals surface area contributed by atoms with Gasteiger partial charge in [-0.15, -0.1) is 6.42 Å². The second-order valence-corrected chi connectivity index (χ2v) is 6.70. The van der Waals surface area contributed by atoms with E-state index in [4.69, 9.17) is 18.0 Å². The number of aryl methyl sites for hydroxylation is 1. The average molecular weight is 355 g/mol. The molecular formula is C19H15ClN2OS. The van der Waals surface area contributed by atoms with Gasteiger partial charge in [0.15, 0.2) is 4.80 Å². The number of carbonyl (C=O) groups excluding carboxylic acids is 1. The van der Waals surface area contributed by atoms with Crippen LogP contribution in [0.5, 0.6) is 0 Å². The van der Waals surface area contributed by atoms with Crippen LogP contribution in [-0.2, 0) is 13.0 Å². The number of hydrogen-bond acceptors (Lipinski definition) is 2. The predicted octanol–water partition coefficient (Wildman–Crippen LogP) is 4.29. The summed E-state index contributed by atoms with van der Waals surface area (Å²) in [5.74, 6) is 2.33. The molecule has 2 aromatic carbocycles. The second kappa shape index (κ2) is 7.04. The third-order valence-electron chi connectivity index (χ3n) is 3.69. The van der Waals surface area contributed by atoms with Crippen molar-refractivity contribution in [3.05, 3.63) is 63.4 Å². The number of terminal acetylenes is 1. The van der Waals surface area contributed by atoms with Gasteiger partial charge in [0.2, 0.25) is 0 Å². The molecule has 3 rings (SSSR count). The Balaban J connectivity index is 2.13. The SMILES string of the molecule is C#CCn1c(=NC(=O)c2ccc(Cl)cc2)sc2cc(CC)ccc21. The lowest BCUT2D eigenvalue weighted by molar-refractivity contribution is 0.0998. The molecule has 0 aliphatic heterocycles. The number of carbonyl (C=O) groups is 1. The molecule has 0 aliphatic carbocycles. The van der Waals surface area contributed by atoms with Crippen molar-refractivity contribution in [1.29, 1.82) is 0 Å². The number of nitrogens with zero attached hydrogens (tertiary/aromatic N) is 2. The van der Waals surface area contributed by atoms with Crippen molar-refractivity contribution in [2.24, 2.45) is 4.99 Å². The maximum atomic E-state index is 12.4. The van der Waals surface area contributed by atoms with Gasteiger partial charge in [0.1, 0.15) is 0 Å². The van der Waals surface area contributed by atoms with Crippen LogP contribution in [0, 0.1) is 12.3 Å². The molecule has 1 heterocycles. The monoisotopic (exact) mass is 354 g/mol. The Morgan fingerprint density at radius 2 is 2.04 bits per heavy atom. The molecule has 0 spiro atoms. The fourth-order valence-corrected chi connectivity index (χ4v) is 3.63. The van der Waals surface area contributed by atoms with Gasteiger partial charge in [-0.05, 0) is 48.4 Å². The Labute approximate surface area is 149 Å². The minimum Gasteiger partial charge on any atom is -0.305 e. The summed E-state index contributed by atoms with van der Waals surface area (Å²) >= 11 is 7.33. The van der Waals surface area contributed by atoms with Gasteiger partial charge in [0.05, 0.1) is 16.8 Å². The van der Waals surface area contributed by atoms with Gasteiger partial charge in [0.25, 0.3) is 5.91 Å². The van der Waals surface area contributed by atoms with E-state index < -0.39 is 0 Å². The highest BCUT2D eigenvalue weighted by atomic mass is 35.5. The molecule has 24 heavy (non-hydrogen) atoms. The summed E-state index contributed by atoms with van der Waals surface area (Å²) in [6.45, 7) is 2.48. The van der Waals surface area contributed by atoms with Crippen molar-refractivity contribution in [3.8, 4) is 12.3 Å². The van der Waals surface area contributed by atoms with E-state index >= 15 is 0 Å². The molecule has 5 heteroatoms. The molecule has 0 aliphatic rings. The molecule has 3 nitrogen and oxygen atoms in total. The van der Waals surface area contributed by atoms with Gasteiger partial charge in [-0.2, -0.15) is 4.99 Å². The lowest BCUT2D eigenvalue weighted by Crippen LogP contribution is -2.16. The number of hydrogen-bond donors (Lipinski definition) is 0. The molecule has 0 atom stereocenters. The van der Waals surface area contributed by atoms with Gasteiger partial charge < -0.3 is 4.57 Å². The van der Waals surface area contributed by atoms with Crippen LogP contribution in [0.3, 0.4) is 0 Å². The van der Waals surface area contributed by atoms with Crippen molar-refractivity contribution in [2.45, 2.75) is 19.9 Å². The highest BCUT2D eigenvalue weighted by Gasteiger charge is 2.09. The van der Waals surface area contributed by atoms with Gasteiger partial charge in [-0.3, -0.25) is 4.79 Å². The summed E-state index contributed by atoms with van der Waals surface area (Å²) in [7, 11) is 0. The number of thiazole rings is 1. The summed E-state index contributed by atoms with van der Waals surface area (Å²) < 4.78 is 2.97. The minimum atomic E-state index is -0.306. The third-order valence-corrected chi connectivity index (χ3v) is 4.99. The van der Waals surface area contributed by atoms with Crippen LogP contribution in [0.2, 0.25) is 5.02 Å². The van der Waals surface area contributed by atoms with Gasteiger partial charge in [-0.1, -0.05) is 41.8 Å². The van der Waals surface area contributed by atoms with Crippen LogP contribution in [0.25, 0.3) is 10.2 Å². The second-order valence-electron chi connectivity index (χ2n) is 5.25. The first-order valence-electron chi connectivity index (χ1n) is 7.52. The molecule has 0 N–H and O–H groups in total. The number of rotatable bonds is 3. The van der Waals surface area contributed by atoms with Gasteiger partial charge in [0, 0.05) is 10.6 Å². The van der Waals surface area contributed by atoms with E-state index in [-0.39, 0.29) is 5.91 Å². The first kappa shape index (κ1) is 16.5. The molecule has 1 amide bonds. The number of halogens is 1. The molecule has 0 unspecified atom stereocenters. The zero-order valence-electron chi connectivity index (χ0n) is 13.1. The Kier molecular flexibility index (Phi) is 4.84. The molecule has 120 valence electrons. The van der Waals surface area contributed by atoms with Crippen LogP contribution in [0.1, 0.15) is 22.8 Å². The largest absolute Gasteiger partial charge is 0.305 e. The molecule has 0 bridgehead atoms. The molecule has 0 radical (unpaired) electrons. The molecule has 3 aromatic rings. The number of aromatic nitrogens is 1. The number of amides is 1. The topological polar surface area (TPSA) is 34.4 Å². The summed E-state index contributed by atoms with van der Waals surface area (Å²) in [4.78, 5) is 17.3. The molecular weight excluding hydrogens is 340 g/mol. The van der Waals surface area contributed by atoms with Crippen LogP contribution in [-0.4, -0.2) is 10.5 Å². The van der Waals surface area contributed by atoms with E-state index in [1.54, 1.807) is 24.3 Å². The Bertz CT molecular complexity index is 1010. The first-order chi connectivity index (χ1) is 11.6. The Morgan fingerprint density at radius 3 is 2.71 bits per heavy atom. The van der Waals surface area contributed by atoms with E-state index in [0.29, 0.717) is 21.9 Å². The van der Waals surface area contributed by atoms with Crippen molar-refractivity contribution < 1.29 is 4.79 Å². The summed E-state index contributed by atoms with van der Waals surface area (Å²) in [6, 6.07) is 12.9. The fourth-order valence-electron chi connectivity index (χ4n) is 2.41. The van der Waals surface area contributed by atoms with Crippen molar-refractivity contribution in [2.75, 3.05) is 0 Å². The third kappa shape index (κ3) is 3.28. The van der Waals surface area contributed by atoms with Crippen molar-refractivity contribution >= 4 is 39.1 Å². The Morgan fingerprint density at radius 1 is 1.29 bits per heavy atom. The number of benzene rings is 2. The van der Waals surface area contributed by atoms with Crippen LogP contribution >= 0.6 is 22.9 Å².